The van der Waals surface area contributed by atoms with Gasteiger partial charge in [-0.1, -0.05) is 23.9 Å². The molecule has 1 aliphatic heterocycles. The van der Waals surface area contributed by atoms with E-state index in [0.29, 0.717) is 5.17 Å². The monoisotopic (exact) mass is 343 g/mol. The zero-order valence-corrected chi connectivity index (χ0v) is 13.2. The average Bonchev–Trinajstić information content (AvgIpc) is 3.19. The summed E-state index contributed by atoms with van der Waals surface area (Å²) in [6.45, 7) is 0. The highest BCUT2D eigenvalue weighted by atomic mass is 32.2. The number of carboxylic acid groups (broad SMARTS) is 1. The number of imidazole rings is 1. The van der Waals surface area contributed by atoms with E-state index < -0.39 is 11.2 Å². The first-order valence-electron chi connectivity index (χ1n) is 7.00. The number of aliphatic carboxylic acids is 1. The normalized spacial score (nSPS) is 19.1. The minimum atomic E-state index is -1.02. The highest BCUT2D eigenvalue weighted by molar-refractivity contribution is 8.15. The Bertz CT molecular complexity index is 799. The third kappa shape index (κ3) is 3.87. The molecule has 0 aliphatic carbocycles. The fourth-order valence-electron chi connectivity index (χ4n) is 2.04. The fraction of sp³-hybridized carbons (Fsp3) is 0.133. The number of benzene rings is 1. The van der Waals surface area contributed by atoms with Crippen LogP contribution in [0.25, 0.3) is 5.69 Å². The Labute approximate surface area is 141 Å². The number of hydrogen-bond donors (Lipinski definition) is 2. The summed E-state index contributed by atoms with van der Waals surface area (Å²) in [4.78, 5) is 26.2. The number of hydrogen-bond acceptors (Lipinski definition) is 6. The molecule has 0 spiro atoms. The Morgan fingerprint density at radius 1 is 1.42 bits per heavy atom. The molecule has 1 aromatic carbocycles. The van der Waals surface area contributed by atoms with Gasteiger partial charge in [0, 0.05) is 18.1 Å². The Hall–Kier alpha value is -2.94. The third-order valence-electron chi connectivity index (χ3n) is 3.19. The van der Waals surface area contributed by atoms with Crippen LogP contribution in [0.15, 0.2) is 53.2 Å². The number of nitrogens with one attached hydrogen (secondary N) is 1. The second-order valence-electron chi connectivity index (χ2n) is 4.90. The van der Waals surface area contributed by atoms with Gasteiger partial charge in [-0.2, -0.15) is 5.10 Å². The molecular formula is C15H13N5O3S. The van der Waals surface area contributed by atoms with Crippen molar-refractivity contribution in [1.29, 1.82) is 0 Å². The van der Waals surface area contributed by atoms with Gasteiger partial charge >= 0.3 is 5.97 Å². The number of amidine groups is 1. The van der Waals surface area contributed by atoms with Gasteiger partial charge in [0.05, 0.1) is 19.0 Å². The van der Waals surface area contributed by atoms with Crippen molar-refractivity contribution in [1.82, 2.24) is 14.9 Å². The molecule has 1 fully saturated rings. The maximum Gasteiger partial charge on any atom is 0.305 e. The number of rotatable bonds is 5. The number of carbonyl (C=O) groups excluding carboxylic acids is 1. The maximum atomic E-state index is 11.6. The van der Waals surface area contributed by atoms with E-state index in [2.05, 4.69) is 20.5 Å². The van der Waals surface area contributed by atoms with Gasteiger partial charge in [-0.15, -0.1) is 5.10 Å². The van der Waals surface area contributed by atoms with Gasteiger partial charge in [-0.3, -0.25) is 9.59 Å². The number of amides is 1. The quantitative estimate of drug-likeness (QED) is 0.628. The number of aromatic nitrogens is 2. The maximum absolute atomic E-state index is 11.6. The van der Waals surface area contributed by atoms with Crippen molar-refractivity contribution >= 4 is 35.0 Å². The molecule has 2 heterocycles. The molecule has 0 saturated carbocycles. The van der Waals surface area contributed by atoms with Crippen molar-refractivity contribution in [3.8, 4) is 5.69 Å². The molecule has 1 atom stereocenters. The largest absolute Gasteiger partial charge is 0.481 e. The van der Waals surface area contributed by atoms with E-state index in [0.717, 1.165) is 23.0 Å². The zero-order chi connectivity index (χ0) is 16.9. The van der Waals surface area contributed by atoms with Crippen molar-refractivity contribution in [2.24, 2.45) is 10.2 Å². The molecular weight excluding hydrogens is 330 g/mol. The van der Waals surface area contributed by atoms with Gasteiger partial charge in [0.25, 0.3) is 0 Å². The van der Waals surface area contributed by atoms with E-state index >= 15 is 0 Å². The molecule has 1 unspecified atom stereocenters. The van der Waals surface area contributed by atoms with Crippen LogP contribution in [-0.4, -0.2) is 43.2 Å². The predicted molar refractivity (Wildman–Crippen MR) is 90.4 cm³/mol. The SMILES string of the molecule is O=C(O)CC1SC(=NN=Cc2ccc(-n3ccnc3)cc2)NC1=O. The summed E-state index contributed by atoms with van der Waals surface area (Å²) in [5.74, 6) is -1.38. The molecule has 2 aromatic rings. The van der Waals surface area contributed by atoms with Crippen LogP contribution in [0.5, 0.6) is 0 Å². The summed E-state index contributed by atoms with van der Waals surface area (Å²) >= 11 is 1.07. The molecule has 2 N–H and O–H groups in total. The second-order valence-corrected chi connectivity index (χ2v) is 6.10. The van der Waals surface area contributed by atoms with E-state index in [1.165, 1.54) is 0 Å². The van der Waals surface area contributed by atoms with E-state index in [-0.39, 0.29) is 12.3 Å². The van der Waals surface area contributed by atoms with Crippen molar-refractivity contribution in [2.45, 2.75) is 11.7 Å². The molecule has 3 rings (SSSR count). The Balaban J connectivity index is 1.62. The van der Waals surface area contributed by atoms with Crippen molar-refractivity contribution in [2.75, 3.05) is 0 Å². The predicted octanol–water partition coefficient (Wildman–Crippen LogP) is 1.27. The van der Waals surface area contributed by atoms with Gasteiger partial charge in [0.15, 0.2) is 5.17 Å². The molecule has 24 heavy (non-hydrogen) atoms. The highest BCUT2D eigenvalue weighted by Crippen LogP contribution is 2.22. The van der Waals surface area contributed by atoms with Crippen molar-refractivity contribution in [3.05, 3.63) is 48.5 Å². The first-order chi connectivity index (χ1) is 11.6. The minimum Gasteiger partial charge on any atom is -0.481 e. The molecule has 1 aliphatic rings. The van der Waals surface area contributed by atoms with Crippen LogP contribution in [0.3, 0.4) is 0 Å². The van der Waals surface area contributed by atoms with Crippen LogP contribution in [0.4, 0.5) is 0 Å². The number of nitrogens with zero attached hydrogens (tertiary/aromatic N) is 4. The van der Waals surface area contributed by atoms with E-state index in [1.54, 1.807) is 18.7 Å². The molecule has 0 bridgehead atoms. The molecule has 1 aromatic heterocycles. The van der Waals surface area contributed by atoms with Gasteiger partial charge < -0.3 is 15.0 Å². The van der Waals surface area contributed by atoms with Crippen LogP contribution < -0.4 is 5.32 Å². The first-order valence-corrected chi connectivity index (χ1v) is 7.88. The Morgan fingerprint density at radius 2 is 2.21 bits per heavy atom. The topological polar surface area (TPSA) is 109 Å². The summed E-state index contributed by atoms with van der Waals surface area (Å²) < 4.78 is 1.88. The smallest absolute Gasteiger partial charge is 0.305 e. The third-order valence-corrected chi connectivity index (χ3v) is 4.26. The van der Waals surface area contributed by atoms with Gasteiger partial charge in [0.2, 0.25) is 5.91 Å². The Morgan fingerprint density at radius 3 is 2.88 bits per heavy atom. The minimum absolute atomic E-state index is 0.241. The number of thioether (sulfide) groups is 1. The molecule has 122 valence electrons. The van der Waals surface area contributed by atoms with Crippen LogP contribution in [-0.2, 0) is 9.59 Å². The zero-order valence-electron chi connectivity index (χ0n) is 12.4. The standard InChI is InChI=1S/C15H13N5O3S/c21-13(22)7-12-14(23)18-15(24-12)19-17-8-10-1-3-11(4-2-10)20-6-5-16-9-20/h1-6,8-9,12H,7H2,(H,21,22)(H,18,19,23). The van der Waals surface area contributed by atoms with E-state index in [4.69, 9.17) is 5.11 Å². The molecule has 0 radical (unpaired) electrons. The second kappa shape index (κ2) is 7.09. The number of carboxylic acids is 1. The molecule has 9 heteroatoms. The molecule has 1 amide bonds. The Kier molecular flexibility index (Phi) is 4.71. The summed E-state index contributed by atoms with van der Waals surface area (Å²) in [6.07, 6.45) is 6.58. The van der Waals surface area contributed by atoms with Crippen molar-refractivity contribution in [3.63, 3.8) is 0 Å². The van der Waals surface area contributed by atoms with Crippen molar-refractivity contribution < 1.29 is 14.7 Å². The average molecular weight is 343 g/mol. The molecule has 1 saturated heterocycles. The highest BCUT2D eigenvalue weighted by Gasteiger charge is 2.32. The van der Waals surface area contributed by atoms with Crippen LogP contribution in [0.1, 0.15) is 12.0 Å². The van der Waals surface area contributed by atoms with Gasteiger partial charge in [-0.25, -0.2) is 4.98 Å². The lowest BCUT2D eigenvalue weighted by Crippen LogP contribution is -2.26. The number of carbonyl (C=O) groups is 2. The summed E-state index contributed by atoms with van der Waals surface area (Å²) in [7, 11) is 0. The summed E-state index contributed by atoms with van der Waals surface area (Å²) in [6, 6.07) is 7.61. The summed E-state index contributed by atoms with van der Waals surface area (Å²) in [5.41, 5.74) is 1.82. The lowest BCUT2D eigenvalue weighted by Gasteiger charge is -2.01. The fourth-order valence-corrected chi connectivity index (χ4v) is 2.95. The summed E-state index contributed by atoms with van der Waals surface area (Å²) in [5, 5.41) is 18.7. The lowest BCUT2D eigenvalue weighted by atomic mass is 10.2. The first kappa shape index (κ1) is 15.9. The van der Waals surface area contributed by atoms with E-state index in [9.17, 15) is 9.59 Å². The van der Waals surface area contributed by atoms with E-state index in [1.807, 2.05) is 35.0 Å². The van der Waals surface area contributed by atoms with Gasteiger partial charge in [-0.05, 0) is 17.7 Å². The van der Waals surface area contributed by atoms with Gasteiger partial charge in [0.1, 0.15) is 5.25 Å². The lowest BCUT2D eigenvalue weighted by molar-refractivity contribution is -0.138. The van der Waals surface area contributed by atoms with Crippen LogP contribution in [0.2, 0.25) is 0 Å². The molecule has 8 nitrogen and oxygen atoms in total. The van der Waals surface area contributed by atoms with Crippen LogP contribution in [0, 0.1) is 0 Å². The van der Waals surface area contributed by atoms with Crippen LogP contribution >= 0.6 is 11.8 Å².